The zero-order valence-electron chi connectivity index (χ0n) is 17.0. The van der Waals surface area contributed by atoms with Crippen LogP contribution in [0.4, 0.5) is 13.2 Å². The highest BCUT2D eigenvalue weighted by atomic mass is 79.9. The zero-order chi connectivity index (χ0) is 23.0. The van der Waals surface area contributed by atoms with E-state index in [1.54, 1.807) is 13.8 Å². The molecule has 0 saturated heterocycles. The molecule has 3 heterocycles. The van der Waals surface area contributed by atoms with E-state index in [-0.39, 0.29) is 27.3 Å². The lowest BCUT2D eigenvalue weighted by Gasteiger charge is -2.19. The molecule has 3 aromatic rings. The van der Waals surface area contributed by atoms with Crippen LogP contribution in [0.5, 0.6) is 5.75 Å². The van der Waals surface area contributed by atoms with Crippen molar-refractivity contribution in [1.29, 1.82) is 0 Å². The molecule has 31 heavy (non-hydrogen) atoms. The fraction of sp³-hybridized carbons (Fsp3) is 0.238. The van der Waals surface area contributed by atoms with E-state index in [1.807, 2.05) is 0 Å². The van der Waals surface area contributed by atoms with Gasteiger partial charge in [0.1, 0.15) is 33.5 Å². The summed E-state index contributed by atoms with van der Waals surface area (Å²) in [6.07, 6.45) is 1.22. The van der Waals surface area contributed by atoms with Gasteiger partial charge >= 0.3 is 0 Å². The molecule has 0 aliphatic rings. The Bertz CT molecular complexity index is 1260. The lowest BCUT2D eigenvalue weighted by atomic mass is 10.1. The molecule has 0 N–H and O–H groups in total. The Morgan fingerprint density at radius 2 is 1.84 bits per heavy atom. The third-order valence-electron chi connectivity index (χ3n) is 4.56. The molecular weight excluding hydrogens is 479 g/mol. The third kappa shape index (κ3) is 4.25. The number of pyridine rings is 3. The molecule has 0 spiro atoms. The monoisotopic (exact) mass is 495 g/mol. The summed E-state index contributed by atoms with van der Waals surface area (Å²) in [4.78, 5) is 32.2. The third-order valence-corrected chi connectivity index (χ3v) is 5.29. The quantitative estimate of drug-likeness (QED) is 0.476. The largest absolute Gasteiger partial charge is 0.483 e. The average molecular weight is 496 g/mol. The topological polar surface area (TPSA) is 74.1 Å². The molecule has 3 aromatic heterocycles. The summed E-state index contributed by atoms with van der Waals surface area (Å²) in [5.74, 6) is -3.14. The number of rotatable bonds is 5. The number of carbonyl (C=O) groups excluding carboxylic acids is 1. The Morgan fingerprint density at radius 3 is 2.45 bits per heavy atom. The maximum atomic E-state index is 15.0. The molecular formula is C21H17BrF3N3O3. The number of ketones is 1. The van der Waals surface area contributed by atoms with Crippen LogP contribution in [0.15, 0.2) is 33.8 Å². The van der Waals surface area contributed by atoms with Gasteiger partial charge in [-0.3, -0.25) is 19.1 Å². The van der Waals surface area contributed by atoms with Crippen LogP contribution in [-0.2, 0) is 0 Å². The van der Waals surface area contributed by atoms with Crippen molar-refractivity contribution in [3.05, 3.63) is 79.4 Å². The van der Waals surface area contributed by atoms with Crippen molar-refractivity contribution in [2.45, 2.75) is 33.8 Å². The van der Waals surface area contributed by atoms with Gasteiger partial charge < -0.3 is 4.74 Å². The first-order valence-electron chi connectivity index (χ1n) is 9.09. The van der Waals surface area contributed by atoms with Gasteiger partial charge in [-0.25, -0.2) is 18.2 Å². The van der Waals surface area contributed by atoms with Gasteiger partial charge in [-0.2, -0.15) is 0 Å². The van der Waals surface area contributed by atoms with E-state index in [0.717, 1.165) is 10.8 Å². The second-order valence-electron chi connectivity index (χ2n) is 6.89. The summed E-state index contributed by atoms with van der Waals surface area (Å²) in [7, 11) is 0. The molecule has 0 fully saturated rings. The van der Waals surface area contributed by atoms with Gasteiger partial charge in [0.05, 0.1) is 11.9 Å². The SMILES string of the molecule is CC(=O)c1ncc(C)c(-n2c(C)cc(OC(C)c3ncc(F)cc3F)c(Br)c2=O)c1F. The van der Waals surface area contributed by atoms with E-state index in [1.165, 1.54) is 26.1 Å². The summed E-state index contributed by atoms with van der Waals surface area (Å²) in [5, 5.41) is 0. The minimum atomic E-state index is -0.949. The molecule has 0 aromatic carbocycles. The lowest BCUT2D eigenvalue weighted by Crippen LogP contribution is -2.25. The smallest absolute Gasteiger partial charge is 0.273 e. The molecule has 0 saturated carbocycles. The van der Waals surface area contributed by atoms with Crippen molar-refractivity contribution in [1.82, 2.24) is 14.5 Å². The highest BCUT2D eigenvalue weighted by Gasteiger charge is 2.23. The Labute approximate surface area is 183 Å². The normalized spacial score (nSPS) is 12.0. The van der Waals surface area contributed by atoms with Gasteiger partial charge in [-0.05, 0) is 42.3 Å². The summed E-state index contributed by atoms with van der Waals surface area (Å²) in [6.45, 7) is 5.78. The predicted octanol–water partition coefficient (Wildman–Crippen LogP) is 4.77. The summed E-state index contributed by atoms with van der Waals surface area (Å²) in [5.41, 5.74) is -0.636. The second kappa shape index (κ2) is 8.62. The highest BCUT2D eigenvalue weighted by molar-refractivity contribution is 9.10. The van der Waals surface area contributed by atoms with Gasteiger partial charge in [-0.1, -0.05) is 0 Å². The Balaban J connectivity index is 2.10. The Kier molecular flexibility index (Phi) is 6.30. The van der Waals surface area contributed by atoms with Crippen LogP contribution in [0.1, 0.15) is 47.4 Å². The summed E-state index contributed by atoms with van der Waals surface area (Å²) in [6, 6.07) is 2.14. The molecule has 0 radical (unpaired) electrons. The Hall–Kier alpha value is -3.01. The number of hydrogen-bond donors (Lipinski definition) is 0. The van der Waals surface area contributed by atoms with Crippen molar-refractivity contribution in [2.24, 2.45) is 0 Å². The van der Waals surface area contributed by atoms with Crippen LogP contribution < -0.4 is 10.3 Å². The van der Waals surface area contributed by atoms with E-state index in [0.29, 0.717) is 17.3 Å². The molecule has 162 valence electrons. The van der Waals surface area contributed by atoms with Crippen LogP contribution in [-0.4, -0.2) is 20.3 Å². The number of ether oxygens (including phenoxy) is 1. The van der Waals surface area contributed by atoms with Gasteiger partial charge in [-0.15, -0.1) is 0 Å². The number of carbonyl (C=O) groups is 1. The minimum Gasteiger partial charge on any atom is -0.483 e. The number of halogens is 4. The molecule has 0 aliphatic heterocycles. The van der Waals surface area contributed by atoms with Crippen LogP contribution in [0, 0.1) is 31.3 Å². The predicted molar refractivity (Wildman–Crippen MR) is 110 cm³/mol. The molecule has 1 atom stereocenters. The summed E-state index contributed by atoms with van der Waals surface area (Å²) >= 11 is 3.15. The molecule has 10 heteroatoms. The van der Waals surface area contributed by atoms with E-state index in [4.69, 9.17) is 4.74 Å². The van der Waals surface area contributed by atoms with Crippen LogP contribution in [0.25, 0.3) is 5.69 Å². The first-order chi connectivity index (χ1) is 14.5. The molecule has 0 amide bonds. The number of aryl methyl sites for hydroxylation is 2. The minimum absolute atomic E-state index is 0.0487. The lowest BCUT2D eigenvalue weighted by molar-refractivity contribution is 0.100. The van der Waals surface area contributed by atoms with Gasteiger partial charge in [0, 0.05) is 30.9 Å². The molecule has 1 unspecified atom stereocenters. The van der Waals surface area contributed by atoms with Gasteiger partial charge in [0.15, 0.2) is 17.4 Å². The van der Waals surface area contributed by atoms with Crippen molar-refractivity contribution in [2.75, 3.05) is 0 Å². The zero-order valence-corrected chi connectivity index (χ0v) is 18.6. The van der Waals surface area contributed by atoms with Crippen molar-refractivity contribution in [3.63, 3.8) is 0 Å². The fourth-order valence-corrected chi connectivity index (χ4v) is 3.49. The van der Waals surface area contributed by atoms with Crippen LogP contribution >= 0.6 is 15.9 Å². The number of nitrogens with zero attached hydrogens (tertiary/aromatic N) is 3. The van der Waals surface area contributed by atoms with Crippen LogP contribution in [0.2, 0.25) is 0 Å². The Morgan fingerprint density at radius 1 is 1.16 bits per heavy atom. The highest BCUT2D eigenvalue weighted by Crippen LogP contribution is 2.30. The molecule has 6 nitrogen and oxygen atoms in total. The average Bonchev–Trinajstić information content (AvgIpc) is 2.67. The summed E-state index contributed by atoms with van der Waals surface area (Å²) < 4.78 is 48.8. The molecule has 0 aliphatic carbocycles. The van der Waals surface area contributed by atoms with Crippen molar-refractivity contribution in [3.8, 4) is 11.4 Å². The number of hydrogen-bond acceptors (Lipinski definition) is 5. The molecule has 0 bridgehead atoms. The maximum absolute atomic E-state index is 15.0. The second-order valence-corrected chi connectivity index (χ2v) is 7.69. The van der Waals surface area contributed by atoms with E-state index < -0.39 is 34.9 Å². The molecule has 3 rings (SSSR count). The number of Topliss-reactive ketones (excluding diaryl/α,β-unsaturated/α-hetero) is 1. The van der Waals surface area contributed by atoms with Crippen LogP contribution in [0.3, 0.4) is 0 Å². The maximum Gasteiger partial charge on any atom is 0.273 e. The van der Waals surface area contributed by atoms with Gasteiger partial charge in [0.25, 0.3) is 5.56 Å². The standard InChI is InChI=1S/C21H17BrF3N3O3/c1-9-7-26-18(11(3)29)17(25)20(9)28-10(2)5-15(16(22)21(28)30)31-12(4)19-14(24)6-13(23)8-27-19/h5-8,12H,1-4H3. The van der Waals surface area contributed by atoms with Crippen molar-refractivity contribution >= 4 is 21.7 Å². The van der Waals surface area contributed by atoms with E-state index >= 15 is 4.39 Å². The first-order valence-corrected chi connectivity index (χ1v) is 9.88. The van der Waals surface area contributed by atoms with E-state index in [9.17, 15) is 18.4 Å². The fourth-order valence-electron chi connectivity index (χ4n) is 3.10. The van der Waals surface area contributed by atoms with E-state index in [2.05, 4.69) is 25.9 Å². The first kappa shape index (κ1) is 22.7. The van der Waals surface area contributed by atoms with Gasteiger partial charge in [0.2, 0.25) is 0 Å². The van der Waals surface area contributed by atoms with Crippen molar-refractivity contribution < 1.29 is 22.7 Å². The number of aromatic nitrogens is 3.